The summed E-state index contributed by atoms with van der Waals surface area (Å²) in [6.45, 7) is 5.44. The third-order valence-electron chi connectivity index (χ3n) is 3.75. The van der Waals surface area contributed by atoms with Crippen molar-refractivity contribution in [2.24, 2.45) is 5.41 Å². The average Bonchev–Trinajstić information content (AvgIpc) is 2.66. The number of carbonyl (C=O) groups is 4. The van der Waals surface area contributed by atoms with Gasteiger partial charge in [0.1, 0.15) is 0 Å². The van der Waals surface area contributed by atoms with E-state index in [1.807, 2.05) is 0 Å². The number of aliphatic carboxylic acids is 1. The fraction of sp³-hybridized carbons (Fsp3) is 0.647. The highest BCUT2D eigenvalue weighted by atomic mass is 32.2. The molecule has 3 N–H and O–H groups in total. The molecule has 0 saturated carbocycles. The van der Waals surface area contributed by atoms with E-state index in [2.05, 4.69) is 10.6 Å². The number of phosphoric ester groups is 1. The first kappa shape index (κ1) is 26.3. The number of hydrogen-bond acceptors (Lipinski definition) is 9. The predicted octanol–water partition coefficient (Wildman–Crippen LogP) is 1.10. The summed E-state index contributed by atoms with van der Waals surface area (Å²) in [6.07, 6.45) is 0.616. The zero-order chi connectivity index (χ0) is 22.8. The minimum atomic E-state index is -3.80. The van der Waals surface area contributed by atoms with Crippen LogP contribution < -0.4 is 10.6 Å². The Morgan fingerprint density at radius 2 is 1.93 bits per heavy atom. The maximum Gasteiger partial charge on any atom is 0.475 e. The predicted molar refractivity (Wildman–Crippen MR) is 109 cm³/mol. The van der Waals surface area contributed by atoms with Gasteiger partial charge in [0, 0.05) is 36.8 Å². The second-order valence-electron chi connectivity index (χ2n) is 6.84. The fourth-order valence-corrected chi connectivity index (χ4v) is 4.47. The van der Waals surface area contributed by atoms with Gasteiger partial charge < -0.3 is 15.7 Å². The smallest absolute Gasteiger partial charge is 0.475 e. The van der Waals surface area contributed by atoms with E-state index in [0.717, 1.165) is 23.9 Å². The molecule has 0 aromatic heterocycles. The van der Waals surface area contributed by atoms with Gasteiger partial charge >= 0.3 is 13.8 Å². The summed E-state index contributed by atoms with van der Waals surface area (Å²) < 4.78 is 27.8. The molecule has 2 amide bonds. The van der Waals surface area contributed by atoms with Crippen LogP contribution in [0.2, 0.25) is 0 Å². The lowest BCUT2D eigenvalue weighted by Gasteiger charge is -2.39. The van der Waals surface area contributed by atoms with E-state index >= 15 is 0 Å². The average molecular weight is 466 g/mol. The lowest BCUT2D eigenvalue weighted by atomic mass is 9.87. The Balaban J connectivity index is 2.34. The van der Waals surface area contributed by atoms with Crippen LogP contribution in [0.1, 0.15) is 27.2 Å². The maximum absolute atomic E-state index is 12.4. The van der Waals surface area contributed by atoms with E-state index in [0.29, 0.717) is 0 Å². The first-order valence-corrected chi connectivity index (χ1v) is 11.6. The third kappa shape index (κ3) is 9.40. The molecule has 13 heteroatoms. The highest BCUT2D eigenvalue weighted by molar-refractivity contribution is 8.14. The van der Waals surface area contributed by atoms with Crippen molar-refractivity contribution in [2.75, 3.05) is 32.1 Å². The first-order chi connectivity index (χ1) is 14.0. The summed E-state index contributed by atoms with van der Waals surface area (Å²) in [5, 5.41) is 13.1. The number of carbonyl (C=O) groups excluding carboxylic acids is 3. The fourth-order valence-electron chi connectivity index (χ4n) is 2.26. The van der Waals surface area contributed by atoms with Crippen molar-refractivity contribution in [1.82, 2.24) is 10.6 Å². The summed E-state index contributed by atoms with van der Waals surface area (Å²) in [6, 6.07) is 0. The van der Waals surface area contributed by atoms with Crippen LogP contribution >= 0.6 is 19.6 Å². The Kier molecular flexibility index (Phi) is 10.7. The number of thioether (sulfide) groups is 1. The summed E-state index contributed by atoms with van der Waals surface area (Å²) in [5.74, 6) is -1.80. The van der Waals surface area contributed by atoms with E-state index in [1.54, 1.807) is 20.8 Å². The van der Waals surface area contributed by atoms with Gasteiger partial charge in [0.2, 0.25) is 16.9 Å². The van der Waals surface area contributed by atoms with Crippen LogP contribution in [0.25, 0.3) is 0 Å². The normalized spacial score (nSPS) is 23.1. The summed E-state index contributed by atoms with van der Waals surface area (Å²) in [4.78, 5) is 45.9. The Bertz CT molecular complexity index is 726. The molecule has 0 bridgehead atoms. The van der Waals surface area contributed by atoms with Gasteiger partial charge in [-0.25, -0.2) is 9.36 Å². The minimum Gasteiger partial charge on any atom is -0.478 e. The summed E-state index contributed by atoms with van der Waals surface area (Å²) in [7, 11) is -3.80. The number of hydrogen-bond donors (Lipinski definition) is 3. The highest BCUT2D eigenvalue weighted by Gasteiger charge is 2.48. The van der Waals surface area contributed by atoms with Gasteiger partial charge in [0.05, 0.1) is 13.2 Å². The Morgan fingerprint density at radius 3 is 2.57 bits per heavy atom. The lowest BCUT2D eigenvalue weighted by molar-refractivity contribution is -0.141. The highest BCUT2D eigenvalue weighted by Crippen LogP contribution is 2.56. The first-order valence-electron chi connectivity index (χ1n) is 9.19. The largest absolute Gasteiger partial charge is 0.478 e. The maximum atomic E-state index is 12.4. The molecule has 1 heterocycles. The van der Waals surface area contributed by atoms with Crippen molar-refractivity contribution in [2.45, 2.75) is 33.3 Å². The zero-order valence-corrected chi connectivity index (χ0v) is 18.8. The molecule has 1 aliphatic heterocycles. The minimum absolute atomic E-state index is 0.00393. The molecule has 11 nitrogen and oxygen atoms in total. The van der Waals surface area contributed by atoms with Gasteiger partial charge in [0.15, 0.2) is 6.10 Å². The van der Waals surface area contributed by atoms with Crippen LogP contribution in [0.4, 0.5) is 0 Å². The molecule has 1 aliphatic rings. The molecular formula is C17H27N2O9PS. The second kappa shape index (κ2) is 12.2. The number of amides is 2. The number of rotatable bonds is 11. The number of carboxylic acid groups (broad SMARTS) is 1. The van der Waals surface area contributed by atoms with E-state index < -0.39 is 36.3 Å². The van der Waals surface area contributed by atoms with Gasteiger partial charge in [-0.2, -0.15) is 0 Å². The van der Waals surface area contributed by atoms with Gasteiger partial charge in [-0.3, -0.25) is 28.0 Å². The van der Waals surface area contributed by atoms with Crippen molar-refractivity contribution in [1.29, 1.82) is 0 Å². The van der Waals surface area contributed by atoms with Crippen LogP contribution in [-0.4, -0.2) is 66.2 Å². The van der Waals surface area contributed by atoms with Crippen LogP contribution in [0.5, 0.6) is 0 Å². The van der Waals surface area contributed by atoms with Gasteiger partial charge in [-0.1, -0.05) is 25.6 Å². The monoisotopic (exact) mass is 466 g/mol. The van der Waals surface area contributed by atoms with E-state index in [1.165, 1.54) is 0 Å². The van der Waals surface area contributed by atoms with Crippen LogP contribution in [0.15, 0.2) is 12.2 Å². The molecule has 1 rings (SSSR count). The SMILES string of the molecule is CCOP1(=O)OCC(C)(C)[C@H](C(=O)NCCC(=O)NCCSC(=O)/C=C/C(=O)O)O1. The molecule has 170 valence electrons. The second-order valence-corrected chi connectivity index (χ2v) is 9.56. The Labute approximate surface area is 178 Å². The quantitative estimate of drug-likeness (QED) is 0.229. The van der Waals surface area contributed by atoms with Crippen LogP contribution in [0.3, 0.4) is 0 Å². The van der Waals surface area contributed by atoms with E-state index in [4.69, 9.17) is 18.7 Å². The molecule has 30 heavy (non-hydrogen) atoms. The van der Waals surface area contributed by atoms with Gasteiger partial charge in [-0.15, -0.1) is 0 Å². The Hall–Kier alpha value is -1.72. The van der Waals surface area contributed by atoms with Crippen LogP contribution in [0, 0.1) is 5.41 Å². The number of carboxylic acids is 1. The summed E-state index contributed by atoms with van der Waals surface area (Å²) >= 11 is 0.871. The summed E-state index contributed by atoms with van der Waals surface area (Å²) in [5.41, 5.74) is -0.740. The topological polar surface area (TPSA) is 157 Å². The third-order valence-corrected chi connectivity index (χ3v) is 6.06. The molecule has 0 radical (unpaired) electrons. The number of nitrogens with one attached hydrogen (secondary N) is 2. The van der Waals surface area contributed by atoms with Gasteiger partial charge in [0.25, 0.3) is 0 Å². The molecule has 1 unspecified atom stereocenters. The van der Waals surface area contributed by atoms with Gasteiger partial charge in [-0.05, 0) is 13.0 Å². The zero-order valence-electron chi connectivity index (χ0n) is 17.0. The Morgan fingerprint density at radius 1 is 1.23 bits per heavy atom. The molecule has 0 aromatic carbocycles. The molecule has 0 aliphatic carbocycles. The van der Waals surface area contributed by atoms with E-state index in [9.17, 15) is 23.7 Å². The van der Waals surface area contributed by atoms with Crippen molar-refractivity contribution in [3.05, 3.63) is 12.2 Å². The van der Waals surface area contributed by atoms with Crippen molar-refractivity contribution in [3.63, 3.8) is 0 Å². The molecule has 1 fully saturated rings. The molecule has 2 atom stereocenters. The number of phosphoric acid groups is 1. The standard InChI is InChI=1S/C17H27N2O9PS/c1-4-26-29(25)27-11-17(2,3)15(28-29)16(24)19-8-7-12(20)18-9-10-30-14(23)6-5-13(21)22/h5-6,15H,4,7-11H2,1-3H3,(H,18,20)(H,19,24)(H,21,22)/b6-5+/t15-,29?/m0/s1. The van der Waals surface area contributed by atoms with Crippen molar-refractivity contribution in [3.8, 4) is 0 Å². The van der Waals surface area contributed by atoms with E-state index in [-0.39, 0.29) is 44.4 Å². The van der Waals surface area contributed by atoms with Crippen LogP contribution in [-0.2, 0) is 37.3 Å². The van der Waals surface area contributed by atoms with Crippen molar-refractivity contribution >= 4 is 42.5 Å². The molecular weight excluding hydrogens is 439 g/mol. The lowest BCUT2D eigenvalue weighted by Crippen LogP contribution is -2.50. The van der Waals surface area contributed by atoms with Crippen molar-refractivity contribution < 1.29 is 42.4 Å². The molecule has 0 aromatic rings. The molecule has 1 saturated heterocycles. The molecule has 0 spiro atoms.